The van der Waals surface area contributed by atoms with Crippen LogP contribution in [0.5, 0.6) is 5.75 Å². The second-order valence-electron chi connectivity index (χ2n) is 4.13. The van der Waals surface area contributed by atoms with E-state index in [1.807, 2.05) is 0 Å². The molecule has 7 heteroatoms. The van der Waals surface area contributed by atoms with Gasteiger partial charge in [-0.15, -0.1) is 0 Å². The lowest BCUT2D eigenvalue weighted by Crippen LogP contribution is -2.57. The molecule has 1 aliphatic heterocycles. The van der Waals surface area contributed by atoms with Gasteiger partial charge in [-0.05, 0) is 12.1 Å². The number of hydrogen-bond donors (Lipinski definition) is 1. The highest BCUT2D eigenvalue weighted by Crippen LogP contribution is 2.30. The predicted octanol–water partition coefficient (Wildman–Crippen LogP) is 0.941. The third-order valence-electron chi connectivity index (χ3n) is 3.06. The average molecular weight is 291 g/mol. The van der Waals surface area contributed by atoms with Crippen LogP contribution in [0.3, 0.4) is 0 Å². The van der Waals surface area contributed by atoms with Crippen LogP contribution in [-0.2, 0) is 10.0 Å². The first-order valence-electron chi connectivity index (χ1n) is 5.49. The van der Waals surface area contributed by atoms with Crippen LogP contribution in [0.15, 0.2) is 23.1 Å². The Balaban J connectivity index is 2.40. The van der Waals surface area contributed by atoms with Crippen LogP contribution in [0.2, 0.25) is 5.02 Å². The normalized spacial score (nSPS) is 16.7. The van der Waals surface area contributed by atoms with Crippen molar-refractivity contribution in [2.24, 2.45) is 0 Å². The van der Waals surface area contributed by atoms with Crippen molar-refractivity contribution in [3.63, 3.8) is 0 Å². The molecule has 1 aromatic carbocycles. The van der Waals surface area contributed by atoms with Gasteiger partial charge in [-0.3, -0.25) is 0 Å². The van der Waals surface area contributed by atoms with Crippen LogP contribution < -0.4 is 10.1 Å². The van der Waals surface area contributed by atoms with Crippen molar-refractivity contribution in [2.75, 3.05) is 27.2 Å². The Morgan fingerprint density at radius 1 is 1.44 bits per heavy atom. The van der Waals surface area contributed by atoms with Gasteiger partial charge in [-0.25, -0.2) is 8.42 Å². The van der Waals surface area contributed by atoms with Crippen LogP contribution in [0.25, 0.3) is 0 Å². The van der Waals surface area contributed by atoms with Crippen molar-refractivity contribution in [1.29, 1.82) is 0 Å². The fourth-order valence-electron chi connectivity index (χ4n) is 1.74. The molecule has 5 nitrogen and oxygen atoms in total. The number of hydrogen-bond acceptors (Lipinski definition) is 4. The smallest absolute Gasteiger partial charge is 0.246 e. The van der Waals surface area contributed by atoms with Crippen molar-refractivity contribution >= 4 is 21.6 Å². The molecule has 0 unspecified atom stereocenters. The number of likely N-dealkylation sites (N-methyl/N-ethyl adjacent to an activating group) is 1. The fourth-order valence-corrected chi connectivity index (χ4v) is 3.39. The minimum Gasteiger partial charge on any atom is -0.495 e. The summed E-state index contributed by atoms with van der Waals surface area (Å²) in [5, 5.41) is 3.49. The first kappa shape index (κ1) is 13.6. The number of nitrogens with one attached hydrogen (secondary N) is 1. The largest absolute Gasteiger partial charge is 0.495 e. The third-order valence-corrected chi connectivity index (χ3v) is 5.24. The molecule has 0 atom stereocenters. The molecule has 0 saturated carbocycles. The minimum atomic E-state index is -3.55. The van der Waals surface area contributed by atoms with Gasteiger partial charge in [0.25, 0.3) is 0 Å². The van der Waals surface area contributed by atoms with E-state index in [4.69, 9.17) is 16.3 Å². The maximum atomic E-state index is 12.4. The van der Waals surface area contributed by atoms with E-state index in [0.717, 1.165) is 0 Å². The quantitative estimate of drug-likeness (QED) is 0.897. The number of rotatable bonds is 4. The topological polar surface area (TPSA) is 58.6 Å². The summed E-state index contributed by atoms with van der Waals surface area (Å²) in [5.41, 5.74) is 0. The lowest BCUT2D eigenvalue weighted by Gasteiger charge is -2.34. The molecule has 1 aliphatic rings. The Hall–Kier alpha value is -0.820. The van der Waals surface area contributed by atoms with E-state index < -0.39 is 10.0 Å². The summed E-state index contributed by atoms with van der Waals surface area (Å²) in [7, 11) is -0.544. The van der Waals surface area contributed by atoms with Crippen molar-refractivity contribution in [3.8, 4) is 5.75 Å². The molecule has 0 amide bonds. The van der Waals surface area contributed by atoms with Crippen LogP contribution in [0.4, 0.5) is 0 Å². The third kappa shape index (κ3) is 2.33. The molecular formula is C11H15ClN2O3S. The number of halogens is 1. The number of nitrogens with zero attached hydrogens (tertiary/aromatic N) is 1. The molecule has 1 fully saturated rings. The van der Waals surface area contributed by atoms with Gasteiger partial charge in [-0.2, -0.15) is 4.31 Å². The second-order valence-corrected chi connectivity index (χ2v) is 6.53. The lowest BCUT2D eigenvalue weighted by atomic mass is 10.2. The molecule has 0 radical (unpaired) electrons. The Labute approximate surface area is 112 Å². The summed E-state index contributed by atoms with van der Waals surface area (Å²) in [6.07, 6.45) is 0. The molecule has 0 spiro atoms. The van der Waals surface area contributed by atoms with E-state index in [9.17, 15) is 8.42 Å². The number of methoxy groups -OCH3 is 1. The van der Waals surface area contributed by atoms with E-state index in [1.54, 1.807) is 13.1 Å². The second kappa shape index (κ2) is 5.05. The zero-order chi connectivity index (χ0) is 13.3. The maximum absolute atomic E-state index is 12.4. The Morgan fingerprint density at radius 2 is 2.11 bits per heavy atom. The molecule has 18 heavy (non-hydrogen) atoms. The number of benzene rings is 1. The van der Waals surface area contributed by atoms with Crippen LogP contribution in [0.1, 0.15) is 0 Å². The highest BCUT2D eigenvalue weighted by molar-refractivity contribution is 7.89. The fraction of sp³-hybridized carbons (Fsp3) is 0.455. The van der Waals surface area contributed by atoms with Crippen molar-refractivity contribution < 1.29 is 13.2 Å². The summed E-state index contributed by atoms with van der Waals surface area (Å²) in [6.45, 7) is 1.34. The summed E-state index contributed by atoms with van der Waals surface area (Å²) < 4.78 is 31.3. The van der Waals surface area contributed by atoms with Gasteiger partial charge >= 0.3 is 0 Å². The van der Waals surface area contributed by atoms with E-state index in [1.165, 1.54) is 23.5 Å². The average Bonchev–Trinajstić information content (AvgIpc) is 2.26. The van der Waals surface area contributed by atoms with Gasteiger partial charge in [0.1, 0.15) is 10.6 Å². The highest BCUT2D eigenvalue weighted by atomic mass is 35.5. The number of sulfonamides is 1. The van der Waals surface area contributed by atoms with E-state index in [-0.39, 0.29) is 16.7 Å². The van der Waals surface area contributed by atoms with Gasteiger partial charge in [0.2, 0.25) is 10.0 Å². The van der Waals surface area contributed by atoms with Crippen molar-refractivity contribution in [1.82, 2.24) is 9.62 Å². The molecule has 2 rings (SSSR count). The first-order valence-corrected chi connectivity index (χ1v) is 7.31. The van der Waals surface area contributed by atoms with E-state index >= 15 is 0 Å². The van der Waals surface area contributed by atoms with E-state index in [0.29, 0.717) is 18.1 Å². The SMILES string of the molecule is COc1cc(Cl)ccc1S(=O)(=O)N(C)C1CNC1. The molecule has 1 aromatic rings. The molecule has 0 bridgehead atoms. The summed E-state index contributed by atoms with van der Waals surface area (Å²) in [6, 6.07) is 4.51. The Morgan fingerprint density at radius 3 is 2.61 bits per heavy atom. The molecule has 1 N–H and O–H groups in total. The summed E-state index contributed by atoms with van der Waals surface area (Å²) >= 11 is 5.83. The maximum Gasteiger partial charge on any atom is 0.246 e. The van der Waals surface area contributed by atoms with Gasteiger partial charge in [0.05, 0.1) is 7.11 Å². The van der Waals surface area contributed by atoms with Crippen LogP contribution in [-0.4, -0.2) is 46.0 Å². The minimum absolute atomic E-state index is 0.00427. The number of ether oxygens (including phenoxy) is 1. The molecule has 1 saturated heterocycles. The first-order chi connectivity index (χ1) is 8.46. The molecule has 1 heterocycles. The highest BCUT2D eigenvalue weighted by Gasteiger charge is 2.33. The molecule has 0 aliphatic carbocycles. The standard InChI is InChI=1S/C11H15ClN2O3S/c1-14(9-6-13-7-9)18(15,16)11-4-3-8(12)5-10(11)17-2/h3-5,9,13H,6-7H2,1-2H3. The van der Waals surface area contributed by atoms with Gasteiger partial charge in [0.15, 0.2) is 0 Å². The molecule has 0 aromatic heterocycles. The lowest BCUT2D eigenvalue weighted by molar-refractivity contribution is 0.273. The van der Waals surface area contributed by atoms with Crippen molar-refractivity contribution in [2.45, 2.75) is 10.9 Å². The van der Waals surface area contributed by atoms with Crippen molar-refractivity contribution in [3.05, 3.63) is 23.2 Å². The van der Waals surface area contributed by atoms with Gasteiger partial charge in [-0.1, -0.05) is 11.6 Å². The Kier molecular flexibility index (Phi) is 3.82. The monoisotopic (exact) mass is 290 g/mol. The molecular weight excluding hydrogens is 276 g/mol. The summed E-state index contributed by atoms with van der Waals surface area (Å²) in [4.78, 5) is 0.142. The van der Waals surface area contributed by atoms with Gasteiger partial charge in [0, 0.05) is 37.3 Å². The van der Waals surface area contributed by atoms with Gasteiger partial charge < -0.3 is 10.1 Å². The van der Waals surface area contributed by atoms with E-state index in [2.05, 4.69) is 5.32 Å². The predicted molar refractivity (Wildman–Crippen MR) is 69.6 cm³/mol. The zero-order valence-corrected chi connectivity index (χ0v) is 11.8. The Bertz CT molecular complexity index is 543. The molecule has 100 valence electrons. The zero-order valence-electron chi connectivity index (χ0n) is 10.2. The summed E-state index contributed by atoms with van der Waals surface area (Å²) in [5.74, 6) is 0.265. The van der Waals surface area contributed by atoms with Crippen LogP contribution >= 0.6 is 11.6 Å². The van der Waals surface area contributed by atoms with Crippen LogP contribution in [0, 0.1) is 0 Å².